The van der Waals surface area contributed by atoms with Crippen LogP contribution in [-0.2, 0) is 0 Å². The summed E-state index contributed by atoms with van der Waals surface area (Å²) in [7, 11) is 0. The van der Waals surface area contributed by atoms with Gasteiger partial charge in [-0.3, -0.25) is 4.90 Å². The van der Waals surface area contributed by atoms with Crippen LogP contribution in [0.3, 0.4) is 0 Å². The van der Waals surface area contributed by atoms with Gasteiger partial charge in [0.15, 0.2) is 0 Å². The van der Waals surface area contributed by atoms with Gasteiger partial charge in [-0.25, -0.2) is 4.98 Å². The Balaban J connectivity index is 1.77. The zero-order chi connectivity index (χ0) is 18.3. The maximum Gasteiger partial charge on any atom is 0.230 e. The van der Waals surface area contributed by atoms with Crippen molar-refractivity contribution >= 4 is 16.3 Å². The fourth-order valence-corrected chi connectivity index (χ4v) is 4.89. The zero-order valence-electron chi connectivity index (χ0n) is 15.5. The molecule has 0 unspecified atom stereocenters. The molecule has 1 atom stereocenters. The number of fused-ring (bicyclic) bond motifs is 1. The Morgan fingerprint density at radius 1 is 1.19 bits per heavy atom. The molecule has 0 saturated carbocycles. The van der Waals surface area contributed by atoms with Gasteiger partial charge in [0.1, 0.15) is 5.82 Å². The number of rotatable bonds is 4. The summed E-state index contributed by atoms with van der Waals surface area (Å²) in [5, 5.41) is 15.2. The molecule has 4 rings (SSSR count). The third kappa shape index (κ3) is 3.11. The lowest BCUT2D eigenvalue weighted by molar-refractivity contribution is 0.113. The lowest BCUT2D eigenvalue weighted by Gasteiger charge is -2.38. The smallest absolute Gasteiger partial charge is 0.230 e. The minimum absolute atomic E-state index is 0.0303. The van der Waals surface area contributed by atoms with Crippen molar-refractivity contribution in [1.82, 2.24) is 24.4 Å². The predicted molar refractivity (Wildman–Crippen MR) is 104 cm³/mol. The van der Waals surface area contributed by atoms with Crippen LogP contribution in [0.4, 0.5) is 0 Å². The Morgan fingerprint density at radius 3 is 2.62 bits per heavy atom. The fraction of sp³-hybridized carbons (Fsp3) is 0.474. The summed E-state index contributed by atoms with van der Waals surface area (Å²) in [6.45, 7) is 11.3. The van der Waals surface area contributed by atoms with Crippen LogP contribution in [0.1, 0.15) is 34.8 Å². The number of benzene rings is 1. The quantitative estimate of drug-likeness (QED) is 0.764. The minimum atomic E-state index is 0.0303. The van der Waals surface area contributed by atoms with Gasteiger partial charge in [0.05, 0.1) is 10.9 Å². The largest absolute Gasteiger partial charge is 0.492 e. The molecule has 0 bridgehead atoms. The van der Waals surface area contributed by atoms with Crippen LogP contribution in [0.15, 0.2) is 24.3 Å². The lowest BCUT2D eigenvalue weighted by atomic mass is 10.0. The maximum absolute atomic E-state index is 10.9. The first kappa shape index (κ1) is 17.5. The summed E-state index contributed by atoms with van der Waals surface area (Å²) in [5.41, 5.74) is 2.45. The van der Waals surface area contributed by atoms with Gasteiger partial charge in [-0.2, -0.15) is 4.52 Å². The van der Waals surface area contributed by atoms with E-state index in [4.69, 9.17) is 0 Å². The molecule has 1 saturated heterocycles. The Morgan fingerprint density at radius 2 is 1.96 bits per heavy atom. The third-order valence-corrected chi connectivity index (χ3v) is 6.20. The van der Waals surface area contributed by atoms with Crippen molar-refractivity contribution in [2.24, 2.45) is 0 Å². The van der Waals surface area contributed by atoms with E-state index in [1.807, 2.05) is 6.92 Å². The Hall–Kier alpha value is -1.96. The van der Waals surface area contributed by atoms with E-state index < -0.39 is 0 Å². The number of aryl methyl sites for hydroxylation is 2. The van der Waals surface area contributed by atoms with E-state index in [0.29, 0.717) is 5.82 Å². The van der Waals surface area contributed by atoms with Gasteiger partial charge in [0.2, 0.25) is 10.8 Å². The van der Waals surface area contributed by atoms with Crippen molar-refractivity contribution in [3.8, 4) is 5.88 Å². The van der Waals surface area contributed by atoms with Crippen LogP contribution < -0.4 is 0 Å². The van der Waals surface area contributed by atoms with Crippen LogP contribution in [-0.4, -0.2) is 62.2 Å². The van der Waals surface area contributed by atoms with Gasteiger partial charge in [-0.05, 0) is 26.0 Å². The van der Waals surface area contributed by atoms with E-state index in [0.717, 1.165) is 42.6 Å². The highest BCUT2D eigenvalue weighted by molar-refractivity contribution is 7.17. The average molecular weight is 372 g/mol. The van der Waals surface area contributed by atoms with Gasteiger partial charge in [0, 0.05) is 26.2 Å². The van der Waals surface area contributed by atoms with Gasteiger partial charge < -0.3 is 10.0 Å². The Labute approximate surface area is 157 Å². The normalized spacial score (nSPS) is 17.8. The number of nitrogens with zero attached hydrogens (tertiary/aromatic N) is 5. The highest BCUT2D eigenvalue weighted by Gasteiger charge is 2.31. The molecule has 1 N–H and O–H groups in total. The van der Waals surface area contributed by atoms with Crippen LogP contribution in [0.5, 0.6) is 5.88 Å². The zero-order valence-corrected chi connectivity index (χ0v) is 16.3. The average Bonchev–Trinajstić information content (AvgIpc) is 3.14. The second-order valence-electron chi connectivity index (χ2n) is 6.93. The molecule has 7 heteroatoms. The van der Waals surface area contributed by atoms with E-state index in [1.165, 1.54) is 22.5 Å². The number of hydrogen-bond donors (Lipinski definition) is 1. The van der Waals surface area contributed by atoms with Crippen molar-refractivity contribution in [2.45, 2.75) is 26.8 Å². The summed E-state index contributed by atoms with van der Waals surface area (Å²) >= 11 is 1.54. The highest BCUT2D eigenvalue weighted by atomic mass is 32.1. The molecule has 0 amide bonds. The molecule has 138 valence electrons. The van der Waals surface area contributed by atoms with Crippen molar-refractivity contribution < 1.29 is 5.11 Å². The third-order valence-electron chi connectivity index (χ3n) is 5.13. The molecular weight excluding hydrogens is 346 g/mol. The van der Waals surface area contributed by atoms with Crippen LogP contribution >= 0.6 is 11.3 Å². The van der Waals surface area contributed by atoms with Gasteiger partial charge >= 0.3 is 0 Å². The second-order valence-corrected chi connectivity index (χ2v) is 7.94. The van der Waals surface area contributed by atoms with E-state index in [2.05, 4.69) is 58.0 Å². The van der Waals surface area contributed by atoms with Crippen LogP contribution in [0, 0.1) is 13.8 Å². The molecule has 1 aliphatic heterocycles. The van der Waals surface area contributed by atoms with E-state index in [9.17, 15) is 5.11 Å². The van der Waals surface area contributed by atoms with Gasteiger partial charge in [-0.15, -0.1) is 5.10 Å². The van der Waals surface area contributed by atoms with E-state index >= 15 is 0 Å². The summed E-state index contributed by atoms with van der Waals surface area (Å²) in [6, 6.07) is 8.62. The summed E-state index contributed by atoms with van der Waals surface area (Å²) in [6.07, 6.45) is 0. The molecule has 3 heterocycles. The number of aromatic nitrogens is 3. The number of aromatic hydroxyl groups is 1. The van der Waals surface area contributed by atoms with Crippen molar-refractivity contribution in [3.05, 3.63) is 46.1 Å². The monoisotopic (exact) mass is 371 g/mol. The first-order chi connectivity index (χ1) is 12.6. The molecule has 1 fully saturated rings. The fourth-order valence-electron chi connectivity index (χ4n) is 3.73. The van der Waals surface area contributed by atoms with Crippen molar-refractivity contribution in [2.75, 3.05) is 32.7 Å². The Kier molecular flexibility index (Phi) is 4.69. The molecule has 1 aliphatic rings. The molecule has 26 heavy (non-hydrogen) atoms. The van der Waals surface area contributed by atoms with Gasteiger partial charge in [0.25, 0.3) is 0 Å². The van der Waals surface area contributed by atoms with Crippen LogP contribution in [0.25, 0.3) is 4.96 Å². The highest BCUT2D eigenvalue weighted by Crippen LogP contribution is 2.40. The molecule has 6 nitrogen and oxygen atoms in total. The van der Waals surface area contributed by atoms with Gasteiger partial charge in [-0.1, -0.05) is 48.1 Å². The molecule has 0 spiro atoms. The molecule has 0 radical (unpaired) electrons. The second kappa shape index (κ2) is 6.98. The molecule has 1 aromatic carbocycles. The maximum atomic E-state index is 10.9. The number of thiazole rings is 1. The van der Waals surface area contributed by atoms with E-state index in [1.54, 1.807) is 4.52 Å². The first-order valence-corrected chi connectivity index (χ1v) is 9.96. The molecule has 2 aromatic heterocycles. The number of likely N-dealkylation sites (N-methyl/N-ethyl adjacent to an activating group) is 1. The molecule has 0 aliphatic carbocycles. The molecular formula is C19H25N5OS. The SMILES string of the molecule is CCN1CCN([C@@H](c2cccc(C)c2)c2sc3nc(C)nn3c2O)CC1. The van der Waals surface area contributed by atoms with Crippen LogP contribution in [0.2, 0.25) is 0 Å². The topological polar surface area (TPSA) is 56.9 Å². The molecule has 3 aromatic rings. The standard InChI is InChI=1S/C19H25N5OS/c1-4-22-8-10-23(11-9-22)16(15-7-5-6-13(2)12-15)17-18(25)24-19(26-17)20-14(3)21-24/h5-7,12,16,25H,4,8-11H2,1-3H3/t16-/m0/s1. The summed E-state index contributed by atoms with van der Waals surface area (Å²) < 4.78 is 1.57. The lowest BCUT2D eigenvalue weighted by Crippen LogP contribution is -2.47. The summed E-state index contributed by atoms with van der Waals surface area (Å²) in [4.78, 5) is 11.1. The number of hydrogen-bond acceptors (Lipinski definition) is 6. The Bertz CT molecular complexity index is 910. The summed E-state index contributed by atoms with van der Waals surface area (Å²) in [5.74, 6) is 0.900. The number of piperazine rings is 1. The van der Waals surface area contributed by atoms with Crippen molar-refractivity contribution in [3.63, 3.8) is 0 Å². The minimum Gasteiger partial charge on any atom is -0.492 e. The van der Waals surface area contributed by atoms with Crippen molar-refractivity contribution in [1.29, 1.82) is 0 Å². The predicted octanol–water partition coefficient (Wildman–Crippen LogP) is 2.84. The first-order valence-electron chi connectivity index (χ1n) is 9.15. The van der Waals surface area contributed by atoms with E-state index in [-0.39, 0.29) is 11.9 Å².